The third-order valence-corrected chi connectivity index (χ3v) is 4.16. The lowest BCUT2D eigenvalue weighted by molar-refractivity contribution is -0.120. The van der Waals surface area contributed by atoms with E-state index in [2.05, 4.69) is 5.32 Å². The van der Waals surface area contributed by atoms with Gasteiger partial charge in [-0.05, 0) is 48.2 Å². The predicted octanol–water partition coefficient (Wildman–Crippen LogP) is 3.62. The van der Waals surface area contributed by atoms with Crippen LogP contribution in [-0.4, -0.2) is 25.6 Å². The number of ether oxygens (including phenoxy) is 1. The van der Waals surface area contributed by atoms with E-state index in [1.807, 2.05) is 30.3 Å². The molecule has 1 amide bonds. The van der Waals surface area contributed by atoms with Gasteiger partial charge in [-0.1, -0.05) is 41.4 Å². The quantitative estimate of drug-likeness (QED) is 0.652. The number of rotatable bonds is 9. The van der Waals surface area contributed by atoms with Crippen LogP contribution in [0, 0.1) is 0 Å². The summed E-state index contributed by atoms with van der Waals surface area (Å²) in [6.45, 7) is 1.47. The number of nitrogens with one attached hydrogen (secondary N) is 1. The molecule has 0 saturated carbocycles. The summed E-state index contributed by atoms with van der Waals surface area (Å²) in [5.41, 5.74) is 7.45. The molecule has 3 N–H and O–H groups in total. The Bertz CT molecular complexity index is 690. The Morgan fingerprint density at radius 1 is 1.08 bits per heavy atom. The van der Waals surface area contributed by atoms with Gasteiger partial charge in [0.1, 0.15) is 12.4 Å². The van der Waals surface area contributed by atoms with E-state index >= 15 is 0 Å². The molecule has 0 aliphatic carbocycles. The van der Waals surface area contributed by atoms with Gasteiger partial charge in [0.15, 0.2) is 0 Å². The van der Waals surface area contributed by atoms with E-state index in [1.54, 1.807) is 12.1 Å². The molecule has 0 bridgehead atoms. The number of amides is 1. The first-order chi connectivity index (χ1) is 12.1. The normalized spacial score (nSPS) is 10.5. The van der Waals surface area contributed by atoms with Gasteiger partial charge in [-0.25, -0.2) is 0 Å². The summed E-state index contributed by atoms with van der Waals surface area (Å²) in [7, 11) is 0. The van der Waals surface area contributed by atoms with E-state index < -0.39 is 0 Å². The van der Waals surface area contributed by atoms with Crippen molar-refractivity contribution in [2.45, 2.75) is 19.3 Å². The molecular weight excluding hydrogens is 359 g/mol. The zero-order valence-electron chi connectivity index (χ0n) is 13.9. The van der Waals surface area contributed by atoms with Crippen LogP contribution in [0.25, 0.3) is 0 Å². The lowest BCUT2D eigenvalue weighted by Crippen LogP contribution is -2.26. The Balaban J connectivity index is 1.72. The molecule has 2 aromatic carbocycles. The summed E-state index contributed by atoms with van der Waals surface area (Å²) >= 11 is 12.0. The summed E-state index contributed by atoms with van der Waals surface area (Å²) < 4.78 is 5.41. The molecule has 0 fully saturated rings. The second kappa shape index (κ2) is 10.3. The highest BCUT2D eigenvalue weighted by Crippen LogP contribution is 2.25. The van der Waals surface area contributed by atoms with E-state index in [0.717, 1.165) is 23.4 Å². The molecule has 0 unspecified atom stereocenters. The number of benzene rings is 2. The largest absolute Gasteiger partial charge is 0.491 e. The monoisotopic (exact) mass is 380 g/mol. The smallest absolute Gasteiger partial charge is 0.224 e. The van der Waals surface area contributed by atoms with Gasteiger partial charge in [0.25, 0.3) is 0 Å². The first kappa shape index (κ1) is 19.6. The van der Waals surface area contributed by atoms with Crippen LogP contribution in [0.2, 0.25) is 10.0 Å². The zero-order valence-corrected chi connectivity index (χ0v) is 15.4. The SMILES string of the molecule is NCCOc1ccc(CC(=O)NCCCc2ccc(Cl)cc2)cc1Cl. The molecule has 134 valence electrons. The number of nitrogens with two attached hydrogens (primary N) is 1. The van der Waals surface area contributed by atoms with Crippen LogP contribution in [-0.2, 0) is 17.6 Å². The maximum atomic E-state index is 12.0. The summed E-state index contributed by atoms with van der Waals surface area (Å²) in [5, 5.41) is 4.14. The van der Waals surface area contributed by atoms with Crippen molar-refractivity contribution in [2.24, 2.45) is 5.73 Å². The van der Waals surface area contributed by atoms with Gasteiger partial charge in [-0.15, -0.1) is 0 Å². The lowest BCUT2D eigenvalue weighted by Gasteiger charge is -2.09. The number of carbonyl (C=O) groups excluding carboxylic acids is 1. The Morgan fingerprint density at radius 3 is 2.48 bits per heavy atom. The Hall–Kier alpha value is -1.75. The summed E-state index contributed by atoms with van der Waals surface area (Å²) in [6, 6.07) is 13.1. The van der Waals surface area contributed by atoms with Gasteiger partial charge in [0.05, 0.1) is 11.4 Å². The lowest BCUT2D eigenvalue weighted by atomic mass is 10.1. The van der Waals surface area contributed by atoms with Crippen LogP contribution >= 0.6 is 23.2 Å². The van der Waals surface area contributed by atoms with E-state index in [0.29, 0.717) is 30.5 Å². The highest BCUT2D eigenvalue weighted by molar-refractivity contribution is 6.32. The number of hydrogen-bond acceptors (Lipinski definition) is 3. The first-order valence-electron chi connectivity index (χ1n) is 8.21. The van der Waals surface area contributed by atoms with Crippen molar-refractivity contribution in [3.63, 3.8) is 0 Å². The molecular formula is C19H22Cl2N2O2. The van der Waals surface area contributed by atoms with Gasteiger partial charge in [0.2, 0.25) is 5.91 Å². The van der Waals surface area contributed by atoms with Crippen molar-refractivity contribution in [3.8, 4) is 5.75 Å². The molecule has 4 nitrogen and oxygen atoms in total. The van der Waals surface area contributed by atoms with Crippen LogP contribution in [0.15, 0.2) is 42.5 Å². The number of halogens is 2. The number of aryl methyl sites for hydroxylation is 1. The fourth-order valence-corrected chi connectivity index (χ4v) is 2.74. The molecule has 0 heterocycles. The molecule has 6 heteroatoms. The third-order valence-electron chi connectivity index (χ3n) is 3.61. The number of carbonyl (C=O) groups is 1. The number of hydrogen-bond donors (Lipinski definition) is 2. The molecule has 2 rings (SSSR count). The zero-order chi connectivity index (χ0) is 18.1. The maximum Gasteiger partial charge on any atom is 0.224 e. The first-order valence-corrected chi connectivity index (χ1v) is 8.96. The van der Waals surface area contributed by atoms with Crippen LogP contribution in [0.5, 0.6) is 5.75 Å². The fourth-order valence-electron chi connectivity index (χ4n) is 2.36. The second-order valence-electron chi connectivity index (χ2n) is 5.66. The van der Waals surface area contributed by atoms with Crippen molar-refractivity contribution in [1.82, 2.24) is 5.32 Å². The Morgan fingerprint density at radius 2 is 1.80 bits per heavy atom. The fraction of sp³-hybridized carbons (Fsp3) is 0.316. The standard InChI is InChI=1S/C19H22Cl2N2O2/c20-16-6-3-14(4-7-16)2-1-10-23-19(24)13-15-5-8-18(17(21)12-15)25-11-9-22/h3-8,12H,1-2,9-11,13,22H2,(H,23,24). The van der Waals surface area contributed by atoms with Gasteiger partial charge in [0, 0.05) is 18.1 Å². The molecule has 0 aliphatic rings. The van der Waals surface area contributed by atoms with Gasteiger partial charge in [-0.3, -0.25) is 4.79 Å². The summed E-state index contributed by atoms with van der Waals surface area (Å²) in [4.78, 5) is 12.0. The van der Waals surface area contributed by atoms with Crippen LogP contribution in [0.4, 0.5) is 0 Å². The van der Waals surface area contributed by atoms with E-state index in [4.69, 9.17) is 33.7 Å². The van der Waals surface area contributed by atoms with Gasteiger partial charge < -0.3 is 15.8 Å². The molecule has 25 heavy (non-hydrogen) atoms. The topological polar surface area (TPSA) is 64.3 Å². The summed E-state index contributed by atoms with van der Waals surface area (Å²) in [6.07, 6.45) is 2.06. The van der Waals surface area contributed by atoms with Crippen molar-refractivity contribution < 1.29 is 9.53 Å². The maximum absolute atomic E-state index is 12.0. The molecule has 0 saturated heterocycles. The molecule has 0 spiro atoms. The van der Waals surface area contributed by atoms with Gasteiger partial charge >= 0.3 is 0 Å². The Labute approximate surface area is 158 Å². The predicted molar refractivity (Wildman–Crippen MR) is 102 cm³/mol. The molecule has 2 aromatic rings. The highest BCUT2D eigenvalue weighted by Gasteiger charge is 2.07. The molecule has 0 atom stereocenters. The van der Waals surface area contributed by atoms with Crippen molar-refractivity contribution >= 4 is 29.1 Å². The van der Waals surface area contributed by atoms with Crippen molar-refractivity contribution in [1.29, 1.82) is 0 Å². The molecule has 0 aliphatic heterocycles. The minimum Gasteiger partial charge on any atom is -0.491 e. The minimum absolute atomic E-state index is 0.0252. The Kier molecular flexibility index (Phi) is 8.06. The van der Waals surface area contributed by atoms with E-state index in [9.17, 15) is 4.79 Å². The van der Waals surface area contributed by atoms with Crippen LogP contribution in [0.1, 0.15) is 17.5 Å². The van der Waals surface area contributed by atoms with Crippen LogP contribution < -0.4 is 15.8 Å². The average molecular weight is 381 g/mol. The highest BCUT2D eigenvalue weighted by atomic mass is 35.5. The second-order valence-corrected chi connectivity index (χ2v) is 6.50. The van der Waals surface area contributed by atoms with Crippen molar-refractivity contribution in [2.75, 3.05) is 19.7 Å². The molecule has 0 radical (unpaired) electrons. The molecule has 0 aromatic heterocycles. The van der Waals surface area contributed by atoms with E-state index in [-0.39, 0.29) is 12.3 Å². The van der Waals surface area contributed by atoms with Crippen molar-refractivity contribution in [3.05, 3.63) is 63.6 Å². The van der Waals surface area contributed by atoms with Gasteiger partial charge in [-0.2, -0.15) is 0 Å². The average Bonchev–Trinajstić information content (AvgIpc) is 2.59. The summed E-state index contributed by atoms with van der Waals surface area (Å²) in [5.74, 6) is 0.557. The van der Waals surface area contributed by atoms with Crippen LogP contribution in [0.3, 0.4) is 0 Å². The van der Waals surface area contributed by atoms with E-state index in [1.165, 1.54) is 5.56 Å². The minimum atomic E-state index is -0.0252. The third kappa shape index (κ3) is 6.94.